The monoisotopic (exact) mass is 511 g/mol. The number of aryl methyl sites for hydroxylation is 1. The number of thiocarbonyl (C=S) groups is 1. The molecule has 0 aliphatic rings. The molecule has 0 atom stereocenters. The van der Waals surface area contributed by atoms with Crippen molar-refractivity contribution < 1.29 is 9.13 Å². The van der Waals surface area contributed by atoms with E-state index >= 15 is 0 Å². The number of para-hydroxylation sites is 1. The van der Waals surface area contributed by atoms with Crippen molar-refractivity contribution in [2.75, 3.05) is 12.4 Å². The Labute approximate surface area is 198 Å². The normalized spacial score (nSPS) is 10.9. The van der Waals surface area contributed by atoms with Gasteiger partial charge in [-0.1, -0.05) is 30.4 Å². The van der Waals surface area contributed by atoms with E-state index in [1.165, 1.54) is 6.07 Å². The molecule has 5 nitrogen and oxygen atoms in total. The molecule has 0 bridgehead atoms. The number of ether oxygens (including phenoxy) is 1. The molecule has 0 unspecified atom stereocenters. The van der Waals surface area contributed by atoms with Crippen LogP contribution >= 0.6 is 28.1 Å². The Kier molecular flexibility index (Phi) is 6.34. The lowest BCUT2D eigenvalue weighted by atomic mass is 10.1. The van der Waals surface area contributed by atoms with Crippen LogP contribution < -0.4 is 15.6 Å². The third-order valence-corrected chi connectivity index (χ3v) is 5.84. The SMILES string of the molecule is COc1cccc2c(=O)n(-c3cccc(CC(=S)Nc4ccc(F)c(Br)c4)c3)c(C)nc12. The highest BCUT2D eigenvalue weighted by molar-refractivity contribution is 9.10. The van der Waals surface area contributed by atoms with Gasteiger partial charge in [-0.3, -0.25) is 9.36 Å². The fourth-order valence-electron chi connectivity index (χ4n) is 3.53. The van der Waals surface area contributed by atoms with Crippen LogP contribution in [0.3, 0.4) is 0 Å². The van der Waals surface area contributed by atoms with Crippen molar-refractivity contribution in [3.05, 3.63) is 92.7 Å². The Morgan fingerprint density at radius 2 is 1.97 bits per heavy atom. The average Bonchev–Trinajstić information content (AvgIpc) is 2.76. The molecule has 162 valence electrons. The van der Waals surface area contributed by atoms with Gasteiger partial charge in [0.15, 0.2) is 0 Å². The zero-order chi connectivity index (χ0) is 22.8. The van der Waals surface area contributed by atoms with Crippen LogP contribution in [0.2, 0.25) is 0 Å². The number of nitrogens with zero attached hydrogens (tertiary/aromatic N) is 2. The molecule has 8 heteroatoms. The minimum absolute atomic E-state index is 0.166. The largest absolute Gasteiger partial charge is 0.494 e. The molecule has 0 spiro atoms. The Balaban J connectivity index is 1.64. The van der Waals surface area contributed by atoms with Crippen LogP contribution in [0.15, 0.2) is 69.9 Å². The highest BCUT2D eigenvalue weighted by Crippen LogP contribution is 2.23. The van der Waals surface area contributed by atoms with Crippen LogP contribution in [0.25, 0.3) is 16.6 Å². The van der Waals surface area contributed by atoms with Crippen molar-refractivity contribution in [3.8, 4) is 11.4 Å². The topological polar surface area (TPSA) is 56.1 Å². The maximum Gasteiger partial charge on any atom is 0.266 e. The molecule has 1 aromatic heterocycles. The van der Waals surface area contributed by atoms with Crippen LogP contribution in [0.4, 0.5) is 10.1 Å². The molecular weight excluding hydrogens is 493 g/mol. The van der Waals surface area contributed by atoms with Crippen LogP contribution in [0.5, 0.6) is 5.75 Å². The predicted molar refractivity (Wildman–Crippen MR) is 133 cm³/mol. The first-order valence-corrected chi connectivity index (χ1v) is 11.0. The number of benzene rings is 3. The van der Waals surface area contributed by atoms with E-state index in [4.69, 9.17) is 17.0 Å². The van der Waals surface area contributed by atoms with Gasteiger partial charge in [0.05, 0.1) is 27.6 Å². The van der Waals surface area contributed by atoms with Gasteiger partial charge in [0.2, 0.25) is 0 Å². The minimum atomic E-state index is -0.336. The molecule has 0 saturated heterocycles. The van der Waals surface area contributed by atoms with Gasteiger partial charge in [0, 0.05) is 12.1 Å². The molecule has 1 N–H and O–H groups in total. The van der Waals surface area contributed by atoms with Crippen molar-refractivity contribution in [2.24, 2.45) is 0 Å². The Morgan fingerprint density at radius 3 is 2.72 bits per heavy atom. The van der Waals surface area contributed by atoms with Crippen molar-refractivity contribution in [3.63, 3.8) is 0 Å². The summed E-state index contributed by atoms with van der Waals surface area (Å²) in [5.41, 5.74) is 2.70. The lowest BCUT2D eigenvalue weighted by Gasteiger charge is -2.14. The minimum Gasteiger partial charge on any atom is -0.494 e. The molecule has 4 rings (SSSR count). The van der Waals surface area contributed by atoms with Gasteiger partial charge in [-0.25, -0.2) is 9.37 Å². The number of halogens is 2. The van der Waals surface area contributed by atoms with Crippen LogP contribution in [0, 0.1) is 12.7 Å². The zero-order valence-corrected chi connectivity index (χ0v) is 19.8. The first-order chi connectivity index (χ1) is 15.4. The lowest BCUT2D eigenvalue weighted by Crippen LogP contribution is -2.22. The molecule has 0 amide bonds. The molecule has 32 heavy (non-hydrogen) atoms. The molecule has 3 aromatic carbocycles. The summed E-state index contributed by atoms with van der Waals surface area (Å²) in [7, 11) is 1.56. The number of hydrogen-bond acceptors (Lipinski definition) is 4. The molecule has 1 heterocycles. The van der Waals surface area contributed by atoms with E-state index in [0.717, 1.165) is 5.56 Å². The number of fused-ring (bicyclic) bond motifs is 1. The van der Waals surface area contributed by atoms with Gasteiger partial charge in [-0.05, 0) is 70.9 Å². The smallest absolute Gasteiger partial charge is 0.266 e. The zero-order valence-electron chi connectivity index (χ0n) is 17.4. The number of nitrogens with one attached hydrogen (secondary N) is 1. The molecule has 0 fully saturated rings. The summed E-state index contributed by atoms with van der Waals surface area (Å²) in [6.07, 6.45) is 0.459. The van der Waals surface area contributed by atoms with E-state index in [1.54, 1.807) is 48.9 Å². The van der Waals surface area contributed by atoms with Gasteiger partial charge < -0.3 is 10.1 Å². The Bertz CT molecular complexity index is 1400. The number of methoxy groups -OCH3 is 1. The van der Waals surface area contributed by atoms with Gasteiger partial charge in [0.25, 0.3) is 5.56 Å². The number of hydrogen-bond donors (Lipinski definition) is 1. The van der Waals surface area contributed by atoms with E-state index < -0.39 is 0 Å². The molecule has 4 aromatic rings. The highest BCUT2D eigenvalue weighted by atomic mass is 79.9. The van der Waals surface area contributed by atoms with E-state index in [2.05, 4.69) is 26.2 Å². The quantitative estimate of drug-likeness (QED) is 0.354. The maximum atomic E-state index is 13.4. The van der Waals surface area contributed by atoms with Crippen molar-refractivity contribution in [2.45, 2.75) is 13.3 Å². The van der Waals surface area contributed by atoms with Gasteiger partial charge in [-0.2, -0.15) is 0 Å². The Hall–Kier alpha value is -3.10. The van der Waals surface area contributed by atoms with Crippen molar-refractivity contribution in [1.82, 2.24) is 9.55 Å². The van der Waals surface area contributed by atoms with E-state index in [-0.39, 0.29) is 11.4 Å². The van der Waals surface area contributed by atoms with Crippen LogP contribution in [-0.4, -0.2) is 21.6 Å². The summed E-state index contributed by atoms with van der Waals surface area (Å²) in [6.45, 7) is 1.79. The summed E-state index contributed by atoms with van der Waals surface area (Å²) >= 11 is 8.66. The standard InChI is InChI=1S/C24H19BrFN3O2S/c1-14-27-23-18(7-4-8-21(23)31-2)24(30)29(14)17-6-3-5-15(11-17)12-22(32)28-16-9-10-20(26)19(25)13-16/h3-11,13H,12H2,1-2H3,(H,28,32). The molecule has 0 aliphatic carbocycles. The van der Waals surface area contributed by atoms with Gasteiger partial charge in [0.1, 0.15) is 22.9 Å². The summed E-state index contributed by atoms with van der Waals surface area (Å²) in [5, 5.41) is 3.60. The number of aromatic nitrogens is 2. The molecular formula is C24H19BrFN3O2S. The lowest BCUT2D eigenvalue weighted by molar-refractivity contribution is 0.418. The second-order valence-corrected chi connectivity index (χ2v) is 8.53. The summed E-state index contributed by atoms with van der Waals surface area (Å²) < 4.78 is 20.7. The average molecular weight is 512 g/mol. The van der Waals surface area contributed by atoms with Gasteiger partial charge in [-0.15, -0.1) is 0 Å². The van der Waals surface area contributed by atoms with E-state index in [1.807, 2.05) is 24.3 Å². The fourth-order valence-corrected chi connectivity index (χ4v) is 4.19. The fraction of sp³-hybridized carbons (Fsp3) is 0.125. The second kappa shape index (κ2) is 9.18. The third kappa shape index (κ3) is 4.42. The molecule has 0 saturated carbocycles. The van der Waals surface area contributed by atoms with E-state index in [0.29, 0.717) is 49.7 Å². The highest BCUT2D eigenvalue weighted by Gasteiger charge is 2.13. The van der Waals surface area contributed by atoms with Crippen LogP contribution in [0.1, 0.15) is 11.4 Å². The first kappa shape index (κ1) is 22.1. The predicted octanol–water partition coefficient (Wildman–Crippen LogP) is 5.59. The van der Waals surface area contributed by atoms with Gasteiger partial charge >= 0.3 is 0 Å². The van der Waals surface area contributed by atoms with Crippen molar-refractivity contribution >= 4 is 49.7 Å². The number of anilines is 1. The van der Waals surface area contributed by atoms with Crippen molar-refractivity contribution in [1.29, 1.82) is 0 Å². The Morgan fingerprint density at radius 1 is 1.19 bits per heavy atom. The molecule has 0 radical (unpaired) electrons. The van der Waals surface area contributed by atoms with Crippen LogP contribution in [-0.2, 0) is 6.42 Å². The number of rotatable bonds is 5. The maximum absolute atomic E-state index is 13.4. The van der Waals surface area contributed by atoms with E-state index in [9.17, 15) is 9.18 Å². The molecule has 0 aliphatic heterocycles. The second-order valence-electron chi connectivity index (χ2n) is 7.18. The summed E-state index contributed by atoms with van der Waals surface area (Å²) in [5.74, 6) is 0.782. The summed E-state index contributed by atoms with van der Waals surface area (Å²) in [6, 6.07) is 17.5. The first-order valence-electron chi connectivity index (χ1n) is 9.78. The third-order valence-electron chi connectivity index (χ3n) is 4.99. The summed E-state index contributed by atoms with van der Waals surface area (Å²) in [4.78, 5) is 18.4.